The summed E-state index contributed by atoms with van der Waals surface area (Å²) < 4.78 is 8.47. The Kier molecular flexibility index (Phi) is 2.90. The predicted octanol–water partition coefficient (Wildman–Crippen LogP) is 0.948. The molecule has 0 aliphatic heterocycles. The van der Waals surface area contributed by atoms with Crippen molar-refractivity contribution >= 4 is 20.9 Å². The van der Waals surface area contributed by atoms with Gasteiger partial charge in [-0.2, -0.15) is 0 Å². The summed E-state index contributed by atoms with van der Waals surface area (Å²) in [4.78, 5) is 0. The maximum atomic E-state index is 8.47. The van der Waals surface area contributed by atoms with Crippen molar-refractivity contribution < 1.29 is 4.55 Å². The Balaban J connectivity index is 3.26. The summed E-state index contributed by atoms with van der Waals surface area (Å²) in [5, 5.41) is 0.250. The molecule has 6 heavy (non-hydrogen) atoms. The summed E-state index contributed by atoms with van der Waals surface area (Å²) in [6, 6.07) is 0. The minimum absolute atomic E-state index is 0.250. The highest BCUT2D eigenvalue weighted by Crippen LogP contribution is 1.86. The van der Waals surface area contributed by atoms with Crippen molar-refractivity contribution in [3.63, 3.8) is 0 Å². The molecule has 0 bridgehead atoms. The molecular weight excluding hydrogens is 116 g/mol. The standard InChI is InChI=1S/C3H8OS2/c1-3(2)6(4)5/h3H,1-2H3,(H,4,5). The smallest absolute Gasteiger partial charge is 0.0280 e. The molecule has 0 amide bonds. The van der Waals surface area contributed by atoms with Gasteiger partial charge >= 0.3 is 0 Å². The third-order valence-corrected chi connectivity index (χ3v) is 2.36. The highest BCUT2D eigenvalue weighted by atomic mass is 32.8. The van der Waals surface area contributed by atoms with E-state index in [0.717, 1.165) is 0 Å². The number of rotatable bonds is 1. The first-order valence-corrected chi connectivity index (χ1v) is 3.91. The molecule has 1 atom stereocenters. The van der Waals surface area contributed by atoms with Crippen molar-refractivity contribution in [1.29, 1.82) is 0 Å². The molecule has 0 rings (SSSR count). The molecule has 0 heterocycles. The maximum Gasteiger partial charge on any atom is 0.0280 e. The van der Waals surface area contributed by atoms with Crippen molar-refractivity contribution in [2.45, 2.75) is 19.1 Å². The first-order chi connectivity index (χ1) is 2.64. The van der Waals surface area contributed by atoms with Crippen LogP contribution >= 0.6 is 0 Å². The molecule has 1 nitrogen and oxygen atoms in total. The fraction of sp³-hybridized carbons (Fsp3) is 1.00. The minimum atomic E-state index is -0.784. The molecule has 0 aliphatic rings. The van der Waals surface area contributed by atoms with Crippen LogP contribution in [0.25, 0.3) is 0 Å². The number of hydrogen-bond donors (Lipinski definition) is 1. The van der Waals surface area contributed by atoms with Gasteiger partial charge < -0.3 is 4.55 Å². The molecular formula is C3H8OS2. The van der Waals surface area contributed by atoms with Gasteiger partial charge in [0.05, 0.1) is 0 Å². The molecule has 1 unspecified atom stereocenters. The average Bonchev–Trinajstić information content (AvgIpc) is 1.36. The fourth-order valence-electron chi connectivity index (χ4n) is 0. The Morgan fingerprint density at radius 2 is 1.83 bits per heavy atom. The van der Waals surface area contributed by atoms with Gasteiger partial charge in [0.15, 0.2) is 0 Å². The van der Waals surface area contributed by atoms with E-state index in [0.29, 0.717) is 0 Å². The van der Waals surface area contributed by atoms with Crippen LogP contribution in [0.5, 0.6) is 0 Å². The molecule has 0 saturated carbocycles. The summed E-state index contributed by atoms with van der Waals surface area (Å²) in [6.07, 6.45) is 0. The Morgan fingerprint density at radius 3 is 1.83 bits per heavy atom. The first kappa shape index (κ1) is 6.53. The molecule has 0 radical (unpaired) electrons. The zero-order valence-corrected chi connectivity index (χ0v) is 5.47. The summed E-state index contributed by atoms with van der Waals surface area (Å²) in [5.41, 5.74) is 0. The van der Waals surface area contributed by atoms with Crippen LogP contribution in [0.4, 0.5) is 0 Å². The van der Waals surface area contributed by atoms with Crippen LogP contribution in [0.1, 0.15) is 13.8 Å². The van der Waals surface area contributed by atoms with Crippen LogP contribution in [0.3, 0.4) is 0 Å². The van der Waals surface area contributed by atoms with Crippen molar-refractivity contribution in [2.24, 2.45) is 0 Å². The van der Waals surface area contributed by atoms with Crippen LogP contribution in [0, 0.1) is 0 Å². The van der Waals surface area contributed by atoms with Gasteiger partial charge in [0.1, 0.15) is 0 Å². The molecule has 1 N–H and O–H groups in total. The Hall–Kier alpha value is 0.530. The Labute approximate surface area is 45.2 Å². The summed E-state index contributed by atoms with van der Waals surface area (Å²) in [5.74, 6) is 0. The second-order valence-electron chi connectivity index (χ2n) is 1.32. The van der Waals surface area contributed by atoms with Gasteiger partial charge in [-0.3, -0.25) is 0 Å². The second-order valence-corrected chi connectivity index (χ2v) is 3.84. The van der Waals surface area contributed by atoms with E-state index < -0.39 is 9.74 Å². The van der Waals surface area contributed by atoms with Crippen molar-refractivity contribution in [3.8, 4) is 0 Å². The van der Waals surface area contributed by atoms with E-state index in [2.05, 4.69) is 11.2 Å². The highest BCUT2D eigenvalue weighted by Gasteiger charge is 1.90. The van der Waals surface area contributed by atoms with E-state index in [1.807, 2.05) is 13.8 Å². The highest BCUT2D eigenvalue weighted by molar-refractivity contribution is 8.26. The molecule has 0 aromatic heterocycles. The summed E-state index contributed by atoms with van der Waals surface area (Å²) in [7, 11) is -0.784. The average molecular weight is 124 g/mol. The van der Waals surface area contributed by atoms with Gasteiger partial charge in [-0.15, -0.1) is 0 Å². The third kappa shape index (κ3) is 2.75. The molecule has 3 heteroatoms. The molecule has 0 saturated heterocycles. The second kappa shape index (κ2) is 2.66. The van der Waals surface area contributed by atoms with Crippen LogP contribution in [0.2, 0.25) is 0 Å². The fourth-order valence-corrected chi connectivity index (χ4v) is 0. The SMILES string of the molecule is CC(C)S(O)=S. The van der Waals surface area contributed by atoms with E-state index in [-0.39, 0.29) is 5.25 Å². The molecule has 0 fully saturated rings. The van der Waals surface area contributed by atoms with Gasteiger partial charge in [0.25, 0.3) is 0 Å². The quantitative estimate of drug-likeness (QED) is 0.561. The lowest BCUT2D eigenvalue weighted by Crippen LogP contribution is -2.00. The van der Waals surface area contributed by atoms with E-state index in [4.69, 9.17) is 4.55 Å². The van der Waals surface area contributed by atoms with Crippen LogP contribution in [-0.2, 0) is 20.9 Å². The summed E-state index contributed by atoms with van der Waals surface area (Å²) in [6.45, 7) is 3.80. The van der Waals surface area contributed by atoms with Gasteiger partial charge in [0.2, 0.25) is 0 Å². The van der Waals surface area contributed by atoms with E-state index >= 15 is 0 Å². The van der Waals surface area contributed by atoms with Crippen molar-refractivity contribution in [1.82, 2.24) is 0 Å². The van der Waals surface area contributed by atoms with Crippen LogP contribution in [-0.4, -0.2) is 9.80 Å². The Morgan fingerprint density at radius 1 is 1.67 bits per heavy atom. The molecule has 38 valence electrons. The van der Waals surface area contributed by atoms with Gasteiger partial charge in [-0.25, -0.2) is 0 Å². The topological polar surface area (TPSA) is 20.2 Å². The molecule has 0 spiro atoms. The van der Waals surface area contributed by atoms with Crippen molar-refractivity contribution in [2.75, 3.05) is 0 Å². The summed E-state index contributed by atoms with van der Waals surface area (Å²) >= 11 is 4.49. The van der Waals surface area contributed by atoms with Gasteiger partial charge in [0, 0.05) is 15.0 Å². The normalized spacial score (nSPS) is 15.3. The monoisotopic (exact) mass is 124 g/mol. The zero-order chi connectivity index (χ0) is 5.15. The third-order valence-electron chi connectivity index (χ3n) is 0.403. The Bertz CT molecular complexity index is 59.8. The lowest BCUT2D eigenvalue weighted by molar-refractivity contribution is 0.647. The number of hydrogen-bond acceptors (Lipinski definition) is 1. The lowest BCUT2D eigenvalue weighted by Gasteiger charge is -1.95. The predicted molar refractivity (Wildman–Crippen MR) is 32.5 cm³/mol. The minimum Gasteiger partial charge on any atom is -0.327 e. The van der Waals surface area contributed by atoms with Gasteiger partial charge in [-0.05, 0) is 11.2 Å². The first-order valence-electron chi connectivity index (χ1n) is 1.74. The molecule has 0 aliphatic carbocycles. The van der Waals surface area contributed by atoms with E-state index in [9.17, 15) is 0 Å². The van der Waals surface area contributed by atoms with Crippen molar-refractivity contribution in [3.05, 3.63) is 0 Å². The zero-order valence-electron chi connectivity index (χ0n) is 3.84. The maximum absolute atomic E-state index is 8.47. The lowest BCUT2D eigenvalue weighted by atomic mass is 10.6. The van der Waals surface area contributed by atoms with Crippen LogP contribution in [0.15, 0.2) is 0 Å². The van der Waals surface area contributed by atoms with E-state index in [1.165, 1.54) is 0 Å². The van der Waals surface area contributed by atoms with E-state index in [1.54, 1.807) is 0 Å². The van der Waals surface area contributed by atoms with Crippen LogP contribution < -0.4 is 0 Å². The molecule has 0 aromatic rings. The largest absolute Gasteiger partial charge is 0.327 e. The molecule has 0 aromatic carbocycles. The van der Waals surface area contributed by atoms with Gasteiger partial charge in [-0.1, -0.05) is 13.8 Å².